The number of amides is 2. The highest BCUT2D eigenvalue weighted by molar-refractivity contribution is 5.88. The summed E-state index contributed by atoms with van der Waals surface area (Å²) in [5.74, 6) is 0.0947. The van der Waals surface area contributed by atoms with E-state index in [0.29, 0.717) is 19.5 Å². The Hall–Kier alpha value is -0.810. The molecule has 6 heteroatoms. The first-order chi connectivity index (χ1) is 9.85. The fourth-order valence-corrected chi connectivity index (χ4v) is 2.59. The van der Waals surface area contributed by atoms with Crippen molar-refractivity contribution in [2.24, 2.45) is 5.41 Å². The van der Waals surface area contributed by atoms with E-state index in [9.17, 15) is 9.59 Å². The Kier molecular flexibility index (Phi) is 9.69. The van der Waals surface area contributed by atoms with Crippen LogP contribution in [-0.2, 0) is 9.59 Å². The van der Waals surface area contributed by atoms with Gasteiger partial charge in [0.15, 0.2) is 0 Å². The van der Waals surface area contributed by atoms with Crippen LogP contribution in [0.1, 0.15) is 53.4 Å². The maximum Gasteiger partial charge on any atom is 0.242 e. The van der Waals surface area contributed by atoms with Gasteiger partial charge >= 0.3 is 0 Å². The largest absolute Gasteiger partial charge is 0.353 e. The fraction of sp³-hybridized carbons (Fsp3) is 0.875. The van der Waals surface area contributed by atoms with Crippen molar-refractivity contribution in [1.29, 1.82) is 0 Å². The molecule has 1 rings (SSSR count). The summed E-state index contributed by atoms with van der Waals surface area (Å²) in [7, 11) is 0. The molecular formula is C16H32ClN3O2. The highest BCUT2D eigenvalue weighted by Gasteiger charge is 2.34. The molecule has 1 saturated heterocycles. The van der Waals surface area contributed by atoms with Crippen LogP contribution in [0.25, 0.3) is 0 Å². The molecule has 2 amide bonds. The van der Waals surface area contributed by atoms with Crippen molar-refractivity contribution >= 4 is 24.2 Å². The maximum atomic E-state index is 12.3. The zero-order valence-electron chi connectivity index (χ0n) is 14.4. The maximum absolute atomic E-state index is 12.3. The summed E-state index contributed by atoms with van der Waals surface area (Å²) in [6.45, 7) is 11.3. The van der Waals surface area contributed by atoms with Gasteiger partial charge in [0.2, 0.25) is 11.8 Å². The summed E-state index contributed by atoms with van der Waals surface area (Å²) in [5.41, 5.74) is -0.0369. The molecule has 5 nitrogen and oxygen atoms in total. The summed E-state index contributed by atoms with van der Waals surface area (Å²) in [4.78, 5) is 26.3. The summed E-state index contributed by atoms with van der Waals surface area (Å²) in [6, 6.07) is -0.272. The van der Waals surface area contributed by atoms with Gasteiger partial charge in [-0.2, -0.15) is 0 Å². The van der Waals surface area contributed by atoms with Crippen molar-refractivity contribution in [3.8, 4) is 0 Å². The van der Waals surface area contributed by atoms with Crippen molar-refractivity contribution in [3.63, 3.8) is 0 Å². The Bertz CT molecular complexity index is 356. The van der Waals surface area contributed by atoms with Crippen molar-refractivity contribution in [2.75, 3.05) is 26.2 Å². The van der Waals surface area contributed by atoms with Gasteiger partial charge in [-0.25, -0.2) is 0 Å². The van der Waals surface area contributed by atoms with E-state index in [0.717, 1.165) is 32.4 Å². The van der Waals surface area contributed by atoms with Crippen LogP contribution in [0, 0.1) is 5.41 Å². The minimum Gasteiger partial charge on any atom is -0.353 e. The second-order valence-corrected chi connectivity index (χ2v) is 7.02. The predicted molar refractivity (Wildman–Crippen MR) is 92.2 cm³/mol. The van der Waals surface area contributed by atoms with E-state index in [1.54, 1.807) is 4.90 Å². The molecule has 1 unspecified atom stereocenters. The average Bonchev–Trinajstić information content (AvgIpc) is 2.85. The number of hydrogen-bond donors (Lipinski definition) is 2. The van der Waals surface area contributed by atoms with Crippen molar-refractivity contribution < 1.29 is 9.59 Å². The monoisotopic (exact) mass is 333 g/mol. The number of rotatable bonds is 7. The lowest BCUT2D eigenvalue weighted by atomic mass is 9.91. The first kappa shape index (κ1) is 21.2. The van der Waals surface area contributed by atoms with Crippen LogP contribution in [-0.4, -0.2) is 48.9 Å². The van der Waals surface area contributed by atoms with Crippen LogP contribution >= 0.6 is 12.4 Å². The van der Waals surface area contributed by atoms with Crippen molar-refractivity contribution in [1.82, 2.24) is 15.5 Å². The van der Waals surface area contributed by atoms with Gasteiger partial charge in [-0.1, -0.05) is 27.7 Å². The minimum absolute atomic E-state index is 0. The summed E-state index contributed by atoms with van der Waals surface area (Å²) in [5, 5.41) is 6.19. The molecule has 0 aromatic carbocycles. The molecule has 1 heterocycles. The summed E-state index contributed by atoms with van der Waals surface area (Å²) < 4.78 is 0. The second kappa shape index (κ2) is 10.1. The second-order valence-electron chi connectivity index (χ2n) is 7.02. The standard InChI is InChI=1S/C16H31N3O2.ClH/c1-5-8-17-9-10-18-15(21)13-7-6-11-19(13)14(20)12-16(2,3)4;/h13,17H,5-12H2,1-4H3,(H,18,21);1H. The van der Waals surface area contributed by atoms with Gasteiger partial charge in [0.1, 0.15) is 6.04 Å². The van der Waals surface area contributed by atoms with E-state index in [2.05, 4.69) is 38.3 Å². The number of hydrogen-bond acceptors (Lipinski definition) is 3. The lowest BCUT2D eigenvalue weighted by Gasteiger charge is -2.27. The molecule has 0 aliphatic carbocycles. The molecule has 0 saturated carbocycles. The molecule has 2 N–H and O–H groups in total. The highest BCUT2D eigenvalue weighted by atomic mass is 35.5. The van der Waals surface area contributed by atoms with Crippen molar-refractivity contribution in [2.45, 2.75) is 59.4 Å². The fourth-order valence-electron chi connectivity index (χ4n) is 2.59. The van der Waals surface area contributed by atoms with Crippen LogP contribution < -0.4 is 10.6 Å². The highest BCUT2D eigenvalue weighted by Crippen LogP contribution is 2.24. The Morgan fingerprint density at radius 2 is 1.86 bits per heavy atom. The molecule has 1 aliphatic heterocycles. The molecule has 1 aliphatic rings. The van der Waals surface area contributed by atoms with Crippen LogP contribution in [0.4, 0.5) is 0 Å². The molecule has 22 heavy (non-hydrogen) atoms. The molecule has 0 aromatic heterocycles. The van der Waals surface area contributed by atoms with Crippen molar-refractivity contribution in [3.05, 3.63) is 0 Å². The van der Waals surface area contributed by atoms with E-state index >= 15 is 0 Å². The lowest BCUT2D eigenvalue weighted by Crippen LogP contribution is -2.47. The lowest BCUT2D eigenvalue weighted by molar-refractivity contribution is -0.139. The topological polar surface area (TPSA) is 61.4 Å². The van der Waals surface area contributed by atoms with Gasteiger partial charge in [-0.05, 0) is 31.2 Å². The van der Waals surface area contributed by atoms with E-state index in [1.165, 1.54) is 0 Å². The van der Waals surface area contributed by atoms with Crippen LogP contribution in [0.2, 0.25) is 0 Å². The molecule has 130 valence electrons. The third-order valence-corrected chi connectivity index (χ3v) is 3.59. The first-order valence-corrected chi connectivity index (χ1v) is 8.13. The van der Waals surface area contributed by atoms with E-state index in [4.69, 9.17) is 0 Å². The molecule has 0 radical (unpaired) electrons. The van der Waals surface area contributed by atoms with E-state index in [1.807, 2.05) is 0 Å². The third kappa shape index (κ3) is 7.45. The van der Waals surface area contributed by atoms with Crippen LogP contribution in [0.15, 0.2) is 0 Å². The molecular weight excluding hydrogens is 302 g/mol. The Morgan fingerprint density at radius 3 is 2.45 bits per heavy atom. The number of carbonyl (C=O) groups excluding carboxylic acids is 2. The zero-order chi connectivity index (χ0) is 15.9. The zero-order valence-corrected chi connectivity index (χ0v) is 15.2. The van der Waals surface area contributed by atoms with Gasteiger partial charge in [-0.15, -0.1) is 12.4 Å². The predicted octanol–water partition coefficient (Wildman–Crippen LogP) is 1.95. The molecule has 0 spiro atoms. The van der Waals surface area contributed by atoms with Crippen LogP contribution in [0.3, 0.4) is 0 Å². The Morgan fingerprint density at radius 1 is 1.18 bits per heavy atom. The van der Waals surface area contributed by atoms with Gasteiger partial charge in [0.05, 0.1) is 0 Å². The van der Waals surface area contributed by atoms with Crippen LogP contribution in [0.5, 0.6) is 0 Å². The quantitative estimate of drug-likeness (QED) is 0.700. The molecule has 1 atom stereocenters. The average molecular weight is 334 g/mol. The van der Waals surface area contributed by atoms with E-state index < -0.39 is 0 Å². The molecule has 0 aromatic rings. The summed E-state index contributed by atoms with van der Waals surface area (Å²) >= 11 is 0. The Labute approximate surface area is 141 Å². The number of carbonyl (C=O) groups is 2. The van der Waals surface area contributed by atoms with Gasteiger partial charge in [0.25, 0.3) is 0 Å². The minimum atomic E-state index is -0.272. The number of likely N-dealkylation sites (tertiary alicyclic amines) is 1. The van der Waals surface area contributed by atoms with E-state index in [-0.39, 0.29) is 35.7 Å². The van der Waals surface area contributed by atoms with Gasteiger partial charge in [0, 0.05) is 26.1 Å². The number of halogens is 1. The third-order valence-electron chi connectivity index (χ3n) is 3.59. The molecule has 0 bridgehead atoms. The number of nitrogens with zero attached hydrogens (tertiary/aromatic N) is 1. The molecule has 1 fully saturated rings. The normalized spacial score (nSPS) is 18.0. The first-order valence-electron chi connectivity index (χ1n) is 8.13. The van der Waals surface area contributed by atoms with Gasteiger partial charge in [-0.3, -0.25) is 9.59 Å². The number of nitrogens with one attached hydrogen (secondary N) is 2. The SMILES string of the molecule is CCCNCCNC(=O)C1CCCN1C(=O)CC(C)(C)C.Cl. The summed E-state index contributed by atoms with van der Waals surface area (Å²) in [6.07, 6.45) is 3.28. The Balaban J connectivity index is 0.00000441. The smallest absolute Gasteiger partial charge is 0.242 e. The van der Waals surface area contributed by atoms with Gasteiger partial charge < -0.3 is 15.5 Å².